The quantitative estimate of drug-likeness (QED) is 0.850. The number of rotatable bonds is 4. The van der Waals surface area contributed by atoms with Crippen molar-refractivity contribution in [2.45, 2.75) is 33.5 Å². The van der Waals surface area contributed by atoms with Gasteiger partial charge in [-0.2, -0.15) is 0 Å². The summed E-state index contributed by atoms with van der Waals surface area (Å²) in [4.78, 5) is 18.6. The molecule has 0 radical (unpaired) electrons. The Morgan fingerprint density at radius 3 is 3.05 bits per heavy atom. The first-order valence-corrected chi connectivity index (χ1v) is 7.02. The molecule has 0 N–H and O–H groups in total. The van der Waals surface area contributed by atoms with E-state index in [1.165, 1.54) is 0 Å². The van der Waals surface area contributed by atoms with Crippen LogP contribution in [0.5, 0.6) is 0 Å². The van der Waals surface area contributed by atoms with Crippen LogP contribution < -0.4 is 0 Å². The molecule has 0 saturated carbocycles. The Labute approximate surface area is 122 Å². The molecular formula is C14H18N4O3. The Balaban J connectivity index is 1.77. The maximum Gasteiger partial charge on any atom is 0.276 e. The van der Waals surface area contributed by atoms with Gasteiger partial charge in [0.05, 0.1) is 30.9 Å². The number of aromatic nitrogens is 3. The van der Waals surface area contributed by atoms with Crippen molar-refractivity contribution in [2.75, 3.05) is 13.2 Å². The lowest BCUT2D eigenvalue weighted by Crippen LogP contribution is -2.38. The van der Waals surface area contributed by atoms with Crippen LogP contribution in [0.25, 0.3) is 0 Å². The highest BCUT2D eigenvalue weighted by molar-refractivity contribution is 5.92. The second-order valence-electron chi connectivity index (χ2n) is 5.02. The summed E-state index contributed by atoms with van der Waals surface area (Å²) in [7, 11) is 0. The van der Waals surface area contributed by atoms with E-state index in [-0.39, 0.29) is 5.91 Å². The predicted octanol–water partition coefficient (Wildman–Crippen LogP) is 1.37. The second-order valence-corrected chi connectivity index (χ2v) is 5.02. The molecule has 3 heterocycles. The van der Waals surface area contributed by atoms with Crippen LogP contribution in [0.4, 0.5) is 0 Å². The monoisotopic (exact) mass is 290 g/mol. The number of nitrogens with zero attached hydrogens (tertiary/aromatic N) is 4. The lowest BCUT2D eigenvalue weighted by molar-refractivity contribution is 0.0695. The minimum Gasteiger partial charge on any atom is -0.375 e. The highest BCUT2D eigenvalue weighted by atomic mass is 16.5. The minimum absolute atomic E-state index is 0.110. The third kappa shape index (κ3) is 2.69. The van der Waals surface area contributed by atoms with Crippen molar-refractivity contribution in [3.8, 4) is 0 Å². The average molecular weight is 290 g/mol. The molecule has 2 aromatic rings. The standard InChI is InChI=1S/C14H18N4O3/c1-3-20-8-12-13-7-17(4-5-18(13)9-15-12)14(19)11-6-10(2)21-16-11/h6,9H,3-5,7-8H2,1-2H3. The first-order chi connectivity index (χ1) is 10.2. The Morgan fingerprint density at radius 1 is 1.48 bits per heavy atom. The van der Waals surface area contributed by atoms with E-state index < -0.39 is 0 Å². The normalized spacial score (nSPS) is 14.3. The summed E-state index contributed by atoms with van der Waals surface area (Å²) in [5.41, 5.74) is 2.28. The van der Waals surface area contributed by atoms with E-state index in [2.05, 4.69) is 14.7 Å². The fourth-order valence-electron chi connectivity index (χ4n) is 2.43. The van der Waals surface area contributed by atoms with Gasteiger partial charge in [0.15, 0.2) is 5.69 Å². The van der Waals surface area contributed by atoms with Gasteiger partial charge in [-0.1, -0.05) is 5.16 Å². The second kappa shape index (κ2) is 5.69. The van der Waals surface area contributed by atoms with Crippen LogP contribution in [0.3, 0.4) is 0 Å². The van der Waals surface area contributed by atoms with E-state index in [0.29, 0.717) is 37.8 Å². The van der Waals surface area contributed by atoms with Crippen molar-refractivity contribution in [1.29, 1.82) is 0 Å². The van der Waals surface area contributed by atoms with E-state index in [1.807, 2.05) is 13.3 Å². The van der Waals surface area contributed by atoms with Crippen molar-refractivity contribution in [1.82, 2.24) is 19.6 Å². The molecule has 2 aromatic heterocycles. The van der Waals surface area contributed by atoms with Crippen molar-refractivity contribution in [3.05, 3.63) is 35.2 Å². The first-order valence-electron chi connectivity index (χ1n) is 7.02. The average Bonchev–Trinajstić information content (AvgIpc) is 3.10. The summed E-state index contributed by atoms with van der Waals surface area (Å²) < 4.78 is 12.5. The summed E-state index contributed by atoms with van der Waals surface area (Å²) in [5, 5.41) is 3.79. The fraction of sp³-hybridized carbons (Fsp3) is 0.500. The molecule has 0 bridgehead atoms. The van der Waals surface area contributed by atoms with Gasteiger partial charge in [0.1, 0.15) is 5.76 Å². The number of amides is 1. The van der Waals surface area contributed by atoms with E-state index in [4.69, 9.17) is 9.26 Å². The van der Waals surface area contributed by atoms with Gasteiger partial charge < -0.3 is 18.7 Å². The van der Waals surface area contributed by atoms with Gasteiger partial charge in [-0.25, -0.2) is 4.98 Å². The molecule has 0 atom stereocenters. The highest BCUT2D eigenvalue weighted by Crippen LogP contribution is 2.19. The predicted molar refractivity (Wildman–Crippen MR) is 73.5 cm³/mol. The third-order valence-corrected chi connectivity index (χ3v) is 3.56. The number of hydrogen-bond donors (Lipinski definition) is 0. The lowest BCUT2D eigenvalue weighted by atomic mass is 10.2. The molecule has 112 valence electrons. The number of imidazole rings is 1. The Hall–Kier alpha value is -2.15. The van der Waals surface area contributed by atoms with Crippen LogP contribution in [0.15, 0.2) is 16.9 Å². The Kier molecular flexibility index (Phi) is 3.74. The number of aryl methyl sites for hydroxylation is 1. The van der Waals surface area contributed by atoms with Gasteiger partial charge in [0.2, 0.25) is 0 Å². The van der Waals surface area contributed by atoms with Crippen LogP contribution >= 0.6 is 0 Å². The molecule has 3 rings (SSSR count). The number of carbonyl (C=O) groups is 1. The zero-order chi connectivity index (χ0) is 14.8. The van der Waals surface area contributed by atoms with Gasteiger partial charge >= 0.3 is 0 Å². The van der Waals surface area contributed by atoms with Crippen LogP contribution in [0, 0.1) is 6.92 Å². The zero-order valence-corrected chi connectivity index (χ0v) is 12.2. The van der Waals surface area contributed by atoms with Crippen LogP contribution in [0.1, 0.15) is 34.6 Å². The summed E-state index contributed by atoms with van der Waals surface area (Å²) in [6, 6.07) is 1.66. The Bertz CT molecular complexity index is 646. The smallest absolute Gasteiger partial charge is 0.276 e. The minimum atomic E-state index is -0.110. The van der Waals surface area contributed by atoms with Crippen LogP contribution in [-0.4, -0.2) is 38.7 Å². The van der Waals surface area contributed by atoms with Crippen molar-refractivity contribution in [2.24, 2.45) is 0 Å². The first kappa shape index (κ1) is 13.8. The molecule has 0 saturated heterocycles. The topological polar surface area (TPSA) is 73.4 Å². The summed E-state index contributed by atoms with van der Waals surface area (Å²) in [6.45, 7) is 6.74. The molecule has 7 nitrogen and oxygen atoms in total. The molecule has 0 aromatic carbocycles. The van der Waals surface area contributed by atoms with E-state index in [0.717, 1.165) is 17.9 Å². The maximum atomic E-state index is 12.4. The molecule has 1 aliphatic heterocycles. The molecule has 1 amide bonds. The molecule has 0 aliphatic carbocycles. The maximum absolute atomic E-state index is 12.4. The van der Waals surface area contributed by atoms with E-state index >= 15 is 0 Å². The number of hydrogen-bond acceptors (Lipinski definition) is 5. The van der Waals surface area contributed by atoms with E-state index in [1.54, 1.807) is 17.9 Å². The van der Waals surface area contributed by atoms with Gasteiger partial charge in [-0.15, -0.1) is 0 Å². The largest absolute Gasteiger partial charge is 0.375 e. The number of fused-ring (bicyclic) bond motifs is 1. The molecular weight excluding hydrogens is 272 g/mol. The van der Waals surface area contributed by atoms with Crippen LogP contribution in [-0.2, 0) is 24.4 Å². The molecule has 1 aliphatic rings. The molecule has 0 spiro atoms. The zero-order valence-electron chi connectivity index (χ0n) is 12.2. The lowest BCUT2D eigenvalue weighted by Gasteiger charge is -2.28. The molecule has 0 fully saturated rings. The van der Waals surface area contributed by atoms with Crippen molar-refractivity contribution in [3.63, 3.8) is 0 Å². The summed E-state index contributed by atoms with van der Waals surface area (Å²) in [6.07, 6.45) is 1.81. The van der Waals surface area contributed by atoms with Crippen molar-refractivity contribution >= 4 is 5.91 Å². The summed E-state index contributed by atoms with van der Waals surface area (Å²) in [5.74, 6) is 0.527. The van der Waals surface area contributed by atoms with Gasteiger partial charge in [-0.05, 0) is 13.8 Å². The number of ether oxygens (including phenoxy) is 1. The van der Waals surface area contributed by atoms with E-state index in [9.17, 15) is 4.79 Å². The van der Waals surface area contributed by atoms with Gasteiger partial charge in [0.25, 0.3) is 5.91 Å². The van der Waals surface area contributed by atoms with Gasteiger partial charge in [0, 0.05) is 25.8 Å². The Morgan fingerprint density at radius 2 is 2.33 bits per heavy atom. The third-order valence-electron chi connectivity index (χ3n) is 3.56. The fourth-order valence-corrected chi connectivity index (χ4v) is 2.43. The highest BCUT2D eigenvalue weighted by Gasteiger charge is 2.26. The molecule has 21 heavy (non-hydrogen) atoms. The van der Waals surface area contributed by atoms with Crippen LogP contribution in [0.2, 0.25) is 0 Å². The molecule has 0 unspecified atom stereocenters. The summed E-state index contributed by atoms with van der Waals surface area (Å²) >= 11 is 0. The van der Waals surface area contributed by atoms with Gasteiger partial charge in [-0.3, -0.25) is 4.79 Å². The number of carbonyl (C=O) groups excluding carboxylic acids is 1. The molecule has 7 heteroatoms. The van der Waals surface area contributed by atoms with Crippen molar-refractivity contribution < 1.29 is 14.1 Å². The SMILES string of the molecule is CCOCc1ncn2c1CN(C(=O)c1cc(C)on1)CC2.